The molecule has 178 valence electrons. The molecule has 1 aromatic rings. The summed E-state index contributed by atoms with van der Waals surface area (Å²) < 4.78 is 52.1. The molecule has 0 N–H and O–H groups in total. The number of alkyl halides is 2. The second-order valence-corrected chi connectivity index (χ2v) is 12.9. The molecule has 4 aliphatic rings. The van der Waals surface area contributed by atoms with Gasteiger partial charge in [0.25, 0.3) is 5.92 Å². The van der Waals surface area contributed by atoms with Crippen molar-refractivity contribution in [3.8, 4) is 0 Å². The largest absolute Gasteiger partial charge is 0.303 e. The van der Waals surface area contributed by atoms with Crippen molar-refractivity contribution in [2.24, 2.45) is 11.8 Å². The van der Waals surface area contributed by atoms with Crippen LogP contribution in [0.25, 0.3) is 0 Å². The fraction of sp³-hybridized carbons (Fsp3) is 0.760. The summed E-state index contributed by atoms with van der Waals surface area (Å²) in [7, 11) is -3.00. The zero-order valence-corrected chi connectivity index (χ0v) is 19.9. The zero-order chi connectivity index (χ0) is 22.6. The molecular weight excluding hydrogens is 430 g/mol. The van der Waals surface area contributed by atoms with Crippen LogP contribution in [0.2, 0.25) is 0 Å². The molecule has 0 aromatic heterocycles. The first kappa shape index (κ1) is 22.7. The Kier molecular flexibility index (Phi) is 5.90. The number of benzene rings is 1. The van der Waals surface area contributed by atoms with E-state index in [4.69, 9.17) is 0 Å². The maximum Gasteiger partial charge on any atom is 0.260 e. The highest BCUT2D eigenvalue weighted by atomic mass is 32.2. The highest BCUT2D eigenvalue weighted by Gasteiger charge is 2.67. The molecule has 0 radical (unpaired) electrons. The smallest absolute Gasteiger partial charge is 0.260 e. The lowest BCUT2D eigenvalue weighted by Gasteiger charge is -2.33. The highest BCUT2D eigenvalue weighted by molar-refractivity contribution is 7.91. The van der Waals surface area contributed by atoms with E-state index in [0.717, 1.165) is 64.0 Å². The van der Waals surface area contributed by atoms with E-state index >= 15 is 0 Å². The monoisotopic (exact) mass is 466 g/mol. The molecule has 1 aromatic carbocycles. The molecule has 5 rings (SSSR count). The molecule has 4 fully saturated rings. The van der Waals surface area contributed by atoms with Crippen molar-refractivity contribution in [3.63, 3.8) is 0 Å². The van der Waals surface area contributed by atoms with Gasteiger partial charge in [0, 0.05) is 24.9 Å². The summed E-state index contributed by atoms with van der Waals surface area (Å²) in [6.45, 7) is 6.86. The summed E-state index contributed by atoms with van der Waals surface area (Å²) in [5.74, 6) is -1.09. The Morgan fingerprint density at radius 1 is 1.09 bits per heavy atom. The van der Waals surface area contributed by atoms with Gasteiger partial charge in [-0.15, -0.1) is 0 Å². The Balaban J connectivity index is 1.15. The highest BCUT2D eigenvalue weighted by Crippen LogP contribution is 2.65. The summed E-state index contributed by atoms with van der Waals surface area (Å²) in [6, 6.07) is 8.34. The van der Waals surface area contributed by atoms with Crippen LogP contribution < -0.4 is 0 Å². The van der Waals surface area contributed by atoms with Crippen molar-refractivity contribution >= 4 is 9.84 Å². The van der Waals surface area contributed by atoms with Crippen LogP contribution in [-0.4, -0.2) is 68.7 Å². The first-order chi connectivity index (χ1) is 15.2. The van der Waals surface area contributed by atoms with Crippen LogP contribution in [-0.2, 0) is 21.0 Å². The van der Waals surface area contributed by atoms with Gasteiger partial charge in [0.15, 0.2) is 9.84 Å². The lowest BCUT2D eigenvalue weighted by molar-refractivity contribution is -0.0643. The van der Waals surface area contributed by atoms with Crippen LogP contribution in [0.4, 0.5) is 8.78 Å². The minimum absolute atomic E-state index is 0.0335. The summed E-state index contributed by atoms with van der Waals surface area (Å²) in [6.07, 6.45) is 4.30. The van der Waals surface area contributed by atoms with Gasteiger partial charge in [-0.2, -0.15) is 0 Å². The Bertz CT molecular complexity index is 935. The third-order valence-corrected chi connectivity index (χ3v) is 10.7. The lowest BCUT2D eigenvalue weighted by atomic mass is 9.86. The third kappa shape index (κ3) is 4.37. The zero-order valence-electron chi connectivity index (χ0n) is 19.1. The van der Waals surface area contributed by atoms with E-state index in [-0.39, 0.29) is 29.4 Å². The van der Waals surface area contributed by atoms with Crippen LogP contribution in [0, 0.1) is 11.8 Å². The van der Waals surface area contributed by atoms with Crippen LogP contribution in [0.5, 0.6) is 0 Å². The number of halogens is 2. The quantitative estimate of drug-likeness (QED) is 0.550. The number of likely N-dealkylation sites (tertiary alicyclic amines) is 2. The fourth-order valence-corrected chi connectivity index (χ4v) is 8.37. The minimum Gasteiger partial charge on any atom is -0.303 e. The first-order valence-electron chi connectivity index (χ1n) is 12.4. The lowest BCUT2D eigenvalue weighted by Crippen LogP contribution is -2.43. The topological polar surface area (TPSA) is 40.6 Å². The average Bonchev–Trinajstić information content (AvgIpc) is 3.64. The van der Waals surface area contributed by atoms with Crippen molar-refractivity contribution in [1.29, 1.82) is 0 Å². The average molecular weight is 467 g/mol. The molecule has 2 heterocycles. The minimum atomic E-state index is -3.00. The molecule has 2 saturated carbocycles. The predicted molar refractivity (Wildman–Crippen MR) is 123 cm³/mol. The van der Waals surface area contributed by atoms with Gasteiger partial charge < -0.3 is 4.90 Å². The number of fused-ring (bicyclic) bond motifs is 1. The molecule has 0 amide bonds. The summed E-state index contributed by atoms with van der Waals surface area (Å²) in [4.78, 5) is 4.44. The molecular formula is C25H36F2N2O2S. The van der Waals surface area contributed by atoms with Gasteiger partial charge in [0.1, 0.15) is 0 Å². The SMILES string of the molecule is CCC1(c2cccc(CS(=O)(=O)C3CC3)c2)[C@@H]2CN(CCCN3CCCC(F)(F)C3)C[C@@H]21. The van der Waals surface area contributed by atoms with Gasteiger partial charge in [0.2, 0.25) is 0 Å². The molecule has 2 aliphatic heterocycles. The van der Waals surface area contributed by atoms with E-state index in [0.29, 0.717) is 18.3 Å². The van der Waals surface area contributed by atoms with Gasteiger partial charge in [-0.3, -0.25) is 4.90 Å². The maximum atomic E-state index is 13.6. The van der Waals surface area contributed by atoms with Gasteiger partial charge in [0.05, 0.1) is 17.5 Å². The number of piperidine rings is 2. The van der Waals surface area contributed by atoms with Crippen molar-refractivity contribution < 1.29 is 17.2 Å². The number of sulfone groups is 1. The molecule has 1 unspecified atom stereocenters. The van der Waals surface area contributed by atoms with Gasteiger partial charge in [-0.25, -0.2) is 17.2 Å². The van der Waals surface area contributed by atoms with Crippen molar-refractivity contribution in [2.75, 3.05) is 39.3 Å². The van der Waals surface area contributed by atoms with Crippen LogP contribution in [0.15, 0.2) is 24.3 Å². The van der Waals surface area contributed by atoms with Crippen LogP contribution in [0.3, 0.4) is 0 Å². The van der Waals surface area contributed by atoms with Crippen molar-refractivity contribution in [1.82, 2.24) is 9.80 Å². The molecule has 7 heteroatoms. The third-order valence-electron chi connectivity index (χ3n) is 8.48. The van der Waals surface area contributed by atoms with Crippen molar-refractivity contribution in [3.05, 3.63) is 35.4 Å². The standard InChI is InChI=1S/C25H36F2N2O2S/c1-2-25(20-7-3-6-19(14-20)17-32(30,31)21-8-9-21)22-15-29(16-23(22)25)13-5-12-28-11-4-10-24(26,27)18-28/h3,6-7,14,21-23H,2,4-5,8-13,15-18H2,1H3/t22-,23+,25?. The number of hydrogen-bond acceptors (Lipinski definition) is 4. The molecule has 0 bridgehead atoms. The Hall–Kier alpha value is -1.05. The van der Waals surface area contributed by atoms with E-state index < -0.39 is 15.8 Å². The Morgan fingerprint density at radius 3 is 2.47 bits per heavy atom. The number of hydrogen-bond donors (Lipinski definition) is 0. The van der Waals surface area contributed by atoms with E-state index in [2.05, 4.69) is 24.0 Å². The van der Waals surface area contributed by atoms with E-state index in [9.17, 15) is 17.2 Å². The maximum absolute atomic E-state index is 13.6. The molecule has 2 saturated heterocycles. The molecule has 32 heavy (non-hydrogen) atoms. The van der Waals surface area contributed by atoms with Crippen molar-refractivity contribution in [2.45, 2.75) is 67.8 Å². The molecule has 0 spiro atoms. The second-order valence-electron chi connectivity index (χ2n) is 10.7. The first-order valence-corrected chi connectivity index (χ1v) is 14.1. The van der Waals surface area contributed by atoms with E-state index in [1.165, 1.54) is 5.56 Å². The Labute approximate surface area is 191 Å². The second kappa shape index (κ2) is 8.31. The summed E-state index contributed by atoms with van der Waals surface area (Å²) in [5, 5.41) is -0.115. The molecule has 3 atom stereocenters. The normalized spacial score (nSPS) is 32.7. The molecule has 2 aliphatic carbocycles. The number of nitrogens with zero attached hydrogens (tertiary/aromatic N) is 2. The predicted octanol–water partition coefficient (Wildman–Crippen LogP) is 4.09. The van der Waals surface area contributed by atoms with Gasteiger partial charge >= 0.3 is 0 Å². The summed E-state index contributed by atoms with van der Waals surface area (Å²) in [5.41, 5.74) is 2.43. The Morgan fingerprint density at radius 2 is 1.81 bits per heavy atom. The van der Waals surface area contributed by atoms with Gasteiger partial charge in [-0.1, -0.05) is 31.2 Å². The van der Waals surface area contributed by atoms with Crippen LogP contribution >= 0.6 is 0 Å². The summed E-state index contributed by atoms with van der Waals surface area (Å²) >= 11 is 0. The van der Waals surface area contributed by atoms with Gasteiger partial charge in [-0.05, 0) is 74.7 Å². The fourth-order valence-electron chi connectivity index (χ4n) is 6.64. The molecule has 4 nitrogen and oxygen atoms in total. The van der Waals surface area contributed by atoms with E-state index in [1.807, 2.05) is 17.0 Å². The number of rotatable bonds is 9. The van der Waals surface area contributed by atoms with E-state index in [1.54, 1.807) is 0 Å². The van der Waals surface area contributed by atoms with Crippen LogP contribution in [0.1, 0.15) is 56.6 Å².